The van der Waals surface area contributed by atoms with Crippen LogP contribution in [0.25, 0.3) is 10.9 Å². The summed E-state index contributed by atoms with van der Waals surface area (Å²) in [7, 11) is 2.03. The third-order valence-corrected chi connectivity index (χ3v) is 3.94. The Hall–Kier alpha value is -1.35. The molecule has 1 aliphatic rings. The second-order valence-corrected chi connectivity index (χ2v) is 4.83. The molecule has 0 spiro atoms. The predicted molar refractivity (Wildman–Crippen MR) is 65.3 cm³/mol. The Bertz CT molecular complexity index is 517. The van der Waals surface area contributed by atoms with Crippen LogP contribution in [0.4, 0.5) is 0 Å². The van der Waals surface area contributed by atoms with E-state index in [0.717, 1.165) is 12.1 Å². The van der Waals surface area contributed by atoms with Crippen molar-refractivity contribution in [3.8, 4) is 0 Å². The van der Waals surface area contributed by atoms with E-state index >= 15 is 0 Å². The van der Waals surface area contributed by atoms with E-state index in [-0.39, 0.29) is 5.41 Å². The molecule has 3 heteroatoms. The summed E-state index contributed by atoms with van der Waals surface area (Å²) in [6, 6.07) is 8.35. The molecule has 0 aliphatic heterocycles. The molecule has 1 aromatic carbocycles. The number of fused-ring (bicyclic) bond motifs is 1. The Labute approximate surface area is 95.2 Å². The largest absolute Gasteiger partial charge is 0.330 e. The van der Waals surface area contributed by atoms with Crippen LogP contribution in [0, 0.1) is 0 Å². The average molecular weight is 215 g/mol. The summed E-state index contributed by atoms with van der Waals surface area (Å²) < 4.78 is 2.02. The lowest BCUT2D eigenvalue weighted by molar-refractivity contribution is 0.239. The Morgan fingerprint density at radius 1 is 1.38 bits per heavy atom. The summed E-state index contributed by atoms with van der Waals surface area (Å²) in [5.41, 5.74) is 8.58. The molecule has 1 aliphatic carbocycles. The van der Waals surface area contributed by atoms with Gasteiger partial charge >= 0.3 is 0 Å². The van der Waals surface area contributed by atoms with Gasteiger partial charge in [0.2, 0.25) is 0 Å². The van der Waals surface area contributed by atoms with Gasteiger partial charge in [-0.2, -0.15) is 5.10 Å². The smallest absolute Gasteiger partial charge is 0.0926 e. The fourth-order valence-corrected chi connectivity index (χ4v) is 2.92. The van der Waals surface area contributed by atoms with E-state index in [1.807, 2.05) is 17.8 Å². The molecule has 0 amide bonds. The maximum Gasteiger partial charge on any atom is 0.0926 e. The Kier molecular flexibility index (Phi) is 2.04. The van der Waals surface area contributed by atoms with Crippen LogP contribution >= 0.6 is 0 Å². The fraction of sp³-hybridized carbons (Fsp3) is 0.462. The quantitative estimate of drug-likeness (QED) is 0.832. The lowest BCUT2D eigenvalue weighted by atomic mass is 9.66. The zero-order valence-electron chi connectivity index (χ0n) is 9.61. The molecule has 3 nitrogen and oxygen atoms in total. The summed E-state index contributed by atoms with van der Waals surface area (Å²) >= 11 is 0. The Morgan fingerprint density at radius 3 is 2.75 bits per heavy atom. The first-order valence-electron chi connectivity index (χ1n) is 5.89. The third kappa shape index (κ3) is 1.15. The molecular weight excluding hydrogens is 198 g/mol. The number of nitrogens with two attached hydrogens (primary N) is 1. The number of nitrogens with zero attached hydrogens (tertiary/aromatic N) is 2. The van der Waals surface area contributed by atoms with Crippen LogP contribution in [0.15, 0.2) is 24.3 Å². The Morgan fingerprint density at radius 2 is 2.12 bits per heavy atom. The van der Waals surface area contributed by atoms with Crippen LogP contribution in [0.3, 0.4) is 0 Å². The van der Waals surface area contributed by atoms with Gasteiger partial charge in [0.25, 0.3) is 0 Å². The molecule has 0 atom stereocenters. The standard InChI is InChI=1S/C13H17N3/c1-16-12(13(9-14)7-4-8-13)10-5-2-3-6-11(10)15-16/h2-3,5-6H,4,7-9,14H2,1H3. The van der Waals surface area contributed by atoms with Gasteiger partial charge in [0.15, 0.2) is 0 Å². The lowest BCUT2D eigenvalue weighted by Gasteiger charge is -2.41. The molecular formula is C13H17N3. The first-order chi connectivity index (χ1) is 7.77. The summed E-state index contributed by atoms with van der Waals surface area (Å²) in [6.45, 7) is 0.733. The molecule has 84 valence electrons. The highest BCUT2D eigenvalue weighted by Crippen LogP contribution is 2.45. The van der Waals surface area contributed by atoms with Gasteiger partial charge in [-0.3, -0.25) is 4.68 Å². The van der Waals surface area contributed by atoms with Crippen molar-refractivity contribution in [2.24, 2.45) is 12.8 Å². The van der Waals surface area contributed by atoms with Gasteiger partial charge in [0, 0.05) is 24.4 Å². The van der Waals surface area contributed by atoms with E-state index in [1.165, 1.54) is 30.3 Å². The van der Waals surface area contributed by atoms with Crippen molar-refractivity contribution in [1.82, 2.24) is 9.78 Å². The molecule has 0 saturated heterocycles. The van der Waals surface area contributed by atoms with Gasteiger partial charge in [0.1, 0.15) is 0 Å². The van der Waals surface area contributed by atoms with Gasteiger partial charge in [0.05, 0.1) is 11.2 Å². The average Bonchev–Trinajstić information content (AvgIpc) is 2.56. The van der Waals surface area contributed by atoms with Crippen LogP contribution in [0.1, 0.15) is 25.0 Å². The van der Waals surface area contributed by atoms with Crippen LogP contribution in [0.5, 0.6) is 0 Å². The van der Waals surface area contributed by atoms with E-state index in [0.29, 0.717) is 0 Å². The Balaban J connectivity index is 2.26. The van der Waals surface area contributed by atoms with Crippen LogP contribution in [0.2, 0.25) is 0 Å². The molecule has 1 heterocycles. The van der Waals surface area contributed by atoms with Crippen LogP contribution < -0.4 is 5.73 Å². The number of aryl methyl sites for hydroxylation is 1. The molecule has 0 bridgehead atoms. The van der Waals surface area contributed by atoms with E-state index in [1.54, 1.807) is 0 Å². The molecule has 2 aromatic rings. The number of hydrogen-bond acceptors (Lipinski definition) is 2. The molecule has 2 N–H and O–H groups in total. The summed E-state index contributed by atoms with van der Waals surface area (Å²) in [4.78, 5) is 0. The van der Waals surface area contributed by atoms with E-state index in [9.17, 15) is 0 Å². The van der Waals surface area contributed by atoms with Gasteiger partial charge in [-0.25, -0.2) is 0 Å². The van der Waals surface area contributed by atoms with Crippen molar-refractivity contribution in [3.05, 3.63) is 30.0 Å². The molecule has 16 heavy (non-hydrogen) atoms. The highest BCUT2D eigenvalue weighted by molar-refractivity contribution is 5.82. The van der Waals surface area contributed by atoms with Gasteiger partial charge in [-0.15, -0.1) is 0 Å². The van der Waals surface area contributed by atoms with Crippen molar-refractivity contribution < 1.29 is 0 Å². The second-order valence-electron chi connectivity index (χ2n) is 4.83. The van der Waals surface area contributed by atoms with Crippen molar-refractivity contribution in [1.29, 1.82) is 0 Å². The maximum absolute atomic E-state index is 5.98. The molecule has 3 rings (SSSR count). The predicted octanol–water partition coefficient (Wildman–Crippen LogP) is 1.95. The van der Waals surface area contributed by atoms with Crippen LogP contribution in [-0.2, 0) is 12.5 Å². The van der Waals surface area contributed by atoms with Gasteiger partial charge in [-0.05, 0) is 18.9 Å². The van der Waals surface area contributed by atoms with Crippen molar-refractivity contribution >= 4 is 10.9 Å². The fourth-order valence-electron chi connectivity index (χ4n) is 2.92. The number of hydrogen-bond donors (Lipinski definition) is 1. The molecule has 1 aromatic heterocycles. The number of aromatic nitrogens is 2. The lowest BCUT2D eigenvalue weighted by Crippen LogP contribution is -2.43. The minimum Gasteiger partial charge on any atom is -0.330 e. The highest BCUT2D eigenvalue weighted by Gasteiger charge is 2.40. The van der Waals surface area contributed by atoms with Crippen LogP contribution in [-0.4, -0.2) is 16.3 Å². The summed E-state index contributed by atoms with van der Waals surface area (Å²) in [6.07, 6.45) is 3.69. The third-order valence-electron chi connectivity index (χ3n) is 3.94. The van der Waals surface area contributed by atoms with E-state index in [4.69, 9.17) is 5.73 Å². The molecule has 1 fully saturated rings. The van der Waals surface area contributed by atoms with E-state index < -0.39 is 0 Å². The minimum absolute atomic E-state index is 0.185. The zero-order chi connectivity index (χ0) is 11.2. The van der Waals surface area contributed by atoms with Crippen molar-refractivity contribution in [3.63, 3.8) is 0 Å². The highest BCUT2D eigenvalue weighted by atomic mass is 15.3. The second kappa shape index (κ2) is 3.32. The maximum atomic E-state index is 5.98. The van der Waals surface area contributed by atoms with Crippen molar-refractivity contribution in [2.75, 3.05) is 6.54 Å². The van der Waals surface area contributed by atoms with E-state index in [2.05, 4.69) is 23.3 Å². The molecule has 0 radical (unpaired) electrons. The van der Waals surface area contributed by atoms with Gasteiger partial charge < -0.3 is 5.73 Å². The molecule has 1 saturated carbocycles. The van der Waals surface area contributed by atoms with Crippen molar-refractivity contribution in [2.45, 2.75) is 24.7 Å². The first kappa shape index (κ1) is 9.85. The monoisotopic (exact) mass is 215 g/mol. The minimum atomic E-state index is 0.185. The topological polar surface area (TPSA) is 43.8 Å². The SMILES string of the molecule is Cn1nc2ccccc2c1C1(CN)CCC1. The number of benzene rings is 1. The molecule has 0 unspecified atom stereocenters. The summed E-state index contributed by atoms with van der Waals surface area (Å²) in [5, 5.41) is 5.84. The number of rotatable bonds is 2. The normalized spacial score (nSPS) is 18.6. The summed E-state index contributed by atoms with van der Waals surface area (Å²) in [5.74, 6) is 0. The zero-order valence-corrected chi connectivity index (χ0v) is 9.61. The first-order valence-corrected chi connectivity index (χ1v) is 5.89. The van der Waals surface area contributed by atoms with Gasteiger partial charge in [-0.1, -0.05) is 24.6 Å².